The van der Waals surface area contributed by atoms with E-state index in [9.17, 15) is 4.79 Å². The van der Waals surface area contributed by atoms with Gasteiger partial charge >= 0.3 is 0 Å². The van der Waals surface area contributed by atoms with Crippen LogP contribution in [-0.2, 0) is 33.1 Å². The largest absolute Gasteiger partial charge is 0.343 e. The second-order valence-corrected chi connectivity index (χ2v) is 6.48. The molecule has 1 aliphatic heterocycles. The Morgan fingerprint density at radius 2 is 2.15 bits per heavy atom. The van der Waals surface area contributed by atoms with Gasteiger partial charge in [-0.25, -0.2) is 4.98 Å². The molecule has 1 amide bonds. The van der Waals surface area contributed by atoms with Crippen LogP contribution in [0.3, 0.4) is 0 Å². The number of hydrogen-bond donors (Lipinski definition) is 2. The Morgan fingerprint density at radius 1 is 1.31 bits per heavy atom. The molecular formula is C19H22N6O. The number of hydrogen-bond acceptors (Lipinski definition) is 4. The molecule has 3 heterocycles. The van der Waals surface area contributed by atoms with Crippen LogP contribution in [0.4, 0.5) is 0 Å². The third-order valence-corrected chi connectivity index (χ3v) is 4.73. The van der Waals surface area contributed by atoms with Gasteiger partial charge in [0.2, 0.25) is 0 Å². The molecule has 0 spiro atoms. The number of nitrogens with one attached hydrogen (secondary N) is 2. The minimum Gasteiger partial charge on any atom is -0.343 e. The van der Waals surface area contributed by atoms with Crippen molar-refractivity contribution in [1.82, 2.24) is 30.0 Å². The van der Waals surface area contributed by atoms with E-state index in [-0.39, 0.29) is 5.91 Å². The van der Waals surface area contributed by atoms with Crippen LogP contribution in [0, 0.1) is 0 Å². The maximum Gasteiger partial charge on any atom is 0.272 e. The van der Waals surface area contributed by atoms with Crippen molar-refractivity contribution in [3.63, 3.8) is 0 Å². The van der Waals surface area contributed by atoms with Crippen molar-refractivity contribution in [2.24, 2.45) is 7.05 Å². The number of nitrogens with zero attached hydrogens (tertiary/aromatic N) is 4. The Kier molecular flexibility index (Phi) is 4.53. The summed E-state index contributed by atoms with van der Waals surface area (Å²) in [6.45, 7) is 2.64. The number of imidazole rings is 1. The lowest BCUT2D eigenvalue weighted by atomic mass is 10.1. The molecular weight excluding hydrogens is 328 g/mol. The summed E-state index contributed by atoms with van der Waals surface area (Å²) in [5, 5.41) is 10.9. The highest BCUT2D eigenvalue weighted by Crippen LogP contribution is 2.20. The number of aryl methyl sites for hydroxylation is 1. The lowest BCUT2D eigenvalue weighted by molar-refractivity contribution is 0.0942. The molecule has 7 nitrogen and oxygen atoms in total. The molecule has 134 valence electrons. The molecule has 7 heteroatoms. The zero-order chi connectivity index (χ0) is 17.9. The first kappa shape index (κ1) is 16.5. The molecule has 4 rings (SSSR count). The van der Waals surface area contributed by atoms with Crippen molar-refractivity contribution >= 4 is 5.91 Å². The Bertz CT molecular complexity index is 912. The molecule has 0 bridgehead atoms. The molecule has 1 aliphatic rings. The average molecular weight is 350 g/mol. The molecule has 3 aromatic rings. The monoisotopic (exact) mass is 350 g/mol. The molecule has 26 heavy (non-hydrogen) atoms. The van der Waals surface area contributed by atoms with E-state index in [1.165, 1.54) is 5.56 Å². The van der Waals surface area contributed by atoms with Gasteiger partial charge in [0.25, 0.3) is 5.91 Å². The molecule has 0 radical (unpaired) electrons. The number of carbonyl (C=O) groups is 1. The lowest BCUT2D eigenvalue weighted by Crippen LogP contribution is -2.29. The third kappa shape index (κ3) is 3.25. The Labute approximate surface area is 152 Å². The summed E-state index contributed by atoms with van der Waals surface area (Å²) in [5.74, 6) is 0.661. The highest BCUT2D eigenvalue weighted by molar-refractivity contribution is 5.94. The van der Waals surface area contributed by atoms with Crippen molar-refractivity contribution in [3.05, 3.63) is 71.1 Å². The highest BCUT2D eigenvalue weighted by Gasteiger charge is 2.24. The minimum absolute atomic E-state index is 0.153. The topological polar surface area (TPSA) is 76.8 Å². The summed E-state index contributed by atoms with van der Waals surface area (Å²) in [6, 6.07) is 10.2. The van der Waals surface area contributed by atoms with E-state index in [1.54, 1.807) is 6.20 Å². The summed E-state index contributed by atoms with van der Waals surface area (Å²) >= 11 is 0. The van der Waals surface area contributed by atoms with E-state index in [0.717, 1.165) is 30.0 Å². The predicted molar refractivity (Wildman–Crippen MR) is 97.6 cm³/mol. The summed E-state index contributed by atoms with van der Waals surface area (Å²) in [7, 11) is 1.91. The summed E-state index contributed by atoms with van der Waals surface area (Å²) in [6.07, 6.45) is 4.46. The summed E-state index contributed by atoms with van der Waals surface area (Å²) < 4.78 is 3.87. The molecule has 0 aliphatic carbocycles. The van der Waals surface area contributed by atoms with E-state index in [1.807, 2.05) is 40.7 Å². The van der Waals surface area contributed by atoms with Gasteiger partial charge in [-0.2, -0.15) is 5.10 Å². The van der Waals surface area contributed by atoms with Gasteiger partial charge in [0.05, 0.1) is 13.1 Å². The van der Waals surface area contributed by atoms with Crippen LogP contribution in [0.15, 0.2) is 42.7 Å². The third-order valence-electron chi connectivity index (χ3n) is 4.73. The van der Waals surface area contributed by atoms with Gasteiger partial charge in [0.15, 0.2) is 5.69 Å². The maximum atomic E-state index is 12.7. The molecule has 2 aromatic heterocycles. The number of rotatable bonds is 5. The first-order chi connectivity index (χ1) is 12.7. The van der Waals surface area contributed by atoms with E-state index >= 15 is 0 Å². The first-order valence-electron chi connectivity index (χ1n) is 8.80. The van der Waals surface area contributed by atoms with Crippen molar-refractivity contribution in [3.8, 4) is 0 Å². The van der Waals surface area contributed by atoms with Crippen LogP contribution in [0.5, 0.6) is 0 Å². The zero-order valence-corrected chi connectivity index (χ0v) is 14.8. The number of aromatic nitrogens is 4. The molecule has 0 fully saturated rings. The Balaban J connectivity index is 1.57. The van der Waals surface area contributed by atoms with E-state index in [2.05, 4.69) is 32.8 Å². The number of fused-ring (bicyclic) bond motifs is 1. The zero-order valence-electron chi connectivity index (χ0n) is 14.8. The number of amides is 1. The summed E-state index contributed by atoms with van der Waals surface area (Å²) in [4.78, 5) is 17.0. The second-order valence-electron chi connectivity index (χ2n) is 6.48. The lowest BCUT2D eigenvalue weighted by Gasteiger charge is -2.15. The molecule has 2 N–H and O–H groups in total. The normalized spacial score (nSPS) is 13.4. The number of benzene rings is 1. The van der Waals surface area contributed by atoms with E-state index < -0.39 is 0 Å². The second kappa shape index (κ2) is 7.13. The van der Waals surface area contributed by atoms with Gasteiger partial charge in [-0.3, -0.25) is 9.48 Å². The van der Waals surface area contributed by atoms with Crippen LogP contribution in [-0.4, -0.2) is 31.8 Å². The number of carbonyl (C=O) groups excluding carboxylic acids is 1. The van der Waals surface area contributed by atoms with Crippen LogP contribution in [0.25, 0.3) is 0 Å². The predicted octanol–water partition coefficient (Wildman–Crippen LogP) is 1.24. The van der Waals surface area contributed by atoms with Crippen molar-refractivity contribution < 1.29 is 4.79 Å². The molecule has 0 unspecified atom stereocenters. The van der Waals surface area contributed by atoms with E-state index in [0.29, 0.717) is 25.3 Å². The fraction of sp³-hybridized carbons (Fsp3) is 0.316. The van der Waals surface area contributed by atoms with Crippen LogP contribution in [0.2, 0.25) is 0 Å². The minimum atomic E-state index is -0.153. The van der Waals surface area contributed by atoms with Gasteiger partial charge in [0.1, 0.15) is 5.82 Å². The van der Waals surface area contributed by atoms with Gasteiger partial charge in [-0.1, -0.05) is 30.3 Å². The first-order valence-corrected chi connectivity index (χ1v) is 8.80. The van der Waals surface area contributed by atoms with Crippen molar-refractivity contribution in [2.75, 3.05) is 6.54 Å². The molecule has 0 saturated heterocycles. The Morgan fingerprint density at radius 3 is 2.92 bits per heavy atom. The molecule has 0 atom stereocenters. The molecule has 0 saturated carbocycles. The smallest absolute Gasteiger partial charge is 0.272 e. The van der Waals surface area contributed by atoms with E-state index in [4.69, 9.17) is 0 Å². The fourth-order valence-electron chi connectivity index (χ4n) is 3.30. The van der Waals surface area contributed by atoms with Gasteiger partial charge in [-0.05, 0) is 5.56 Å². The van der Waals surface area contributed by atoms with Gasteiger partial charge in [-0.15, -0.1) is 0 Å². The van der Waals surface area contributed by atoms with Crippen LogP contribution >= 0.6 is 0 Å². The SMILES string of the molecule is Cn1ccnc1CNC(=O)c1nn(Cc2ccccc2)c2c1CNCC2. The van der Waals surface area contributed by atoms with Crippen LogP contribution in [0.1, 0.15) is 33.1 Å². The fourth-order valence-corrected chi connectivity index (χ4v) is 3.30. The summed E-state index contributed by atoms with van der Waals surface area (Å²) in [5.41, 5.74) is 3.84. The molecule has 1 aromatic carbocycles. The highest BCUT2D eigenvalue weighted by atomic mass is 16.2. The van der Waals surface area contributed by atoms with Crippen molar-refractivity contribution in [1.29, 1.82) is 0 Å². The average Bonchev–Trinajstić information content (AvgIpc) is 3.25. The standard InChI is InChI=1S/C19H22N6O/c1-24-10-9-21-17(24)12-22-19(26)18-15-11-20-8-7-16(15)25(23-18)13-14-5-3-2-4-6-14/h2-6,9-10,20H,7-8,11-13H2,1H3,(H,22,26). The van der Waals surface area contributed by atoms with Crippen LogP contribution < -0.4 is 10.6 Å². The quantitative estimate of drug-likeness (QED) is 0.726. The van der Waals surface area contributed by atoms with Gasteiger partial charge in [0, 0.05) is 50.2 Å². The maximum absolute atomic E-state index is 12.7. The Hall–Kier alpha value is -2.93. The van der Waals surface area contributed by atoms with Crippen molar-refractivity contribution in [2.45, 2.75) is 26.1 Å². The van der Waals surface area contributed by atoms with Gasteiger partial charge < -0.3 is 15.2 Å².